The summed E-state index contributed by atoms with van der Waals surface area (Å²) in [6, 6.07) is 1.77. The molecule has 0 spiro atoms. The number of aromatic carboxylic acids is 1. The van der Waals surface area contributed by atoms with E-state index in [0.29, 0.717) is 18.3 Å². The lowest BCUT2D eigenvalue weighted by Crippen LogP contribution is -2.12. The van der Waals surface area contributed by atoms with E-state index in [1.165, 1.54) is 0 Å². The zero-order valence-corrected chi connectivity index (χ0v) is 15.6. The number of hydrogen-bond donors (Lipinski definition) is 2. The minimum absolute atomic E-state index is 0.250. The number of amides is 1. The smallest absolute Gasteiger partial charge is 0.337 e. The summed E-state index contributed by atoms with van der Waals surface area (Å²) in [5.74, 6) is -1.50. The molecule has 3 N–H and O–H groups in total. The molecular weight excluding hydrogens is 575 g/mol. The first-order valence-electron chi connectivity index (χ1n) is 4.64. The highest BCUT2D eigenvalue weighted by Crippen LogP contribution is 2.29. The SMILES string of the molecule is CC(=Cc1c(I)cc(I)c(C(=O)O)c1I)C(N)=O. The molecule has 18 heavy (non-hydrogen) atoms. The maximum atomic E-state index is 11.2. The first-order valence-corrected chi connectivity index (χ1v) is 7.88. The van der Waals surface area contributed by atoms with Gasteiger partial charge in [-0.25, -0.2) is 4.79 Å². The summed E-state index contributed by atoms with van der Waals surface area (Å²) in [5.41, 5.74) is 6.54. The van der Waals surface area contributed by atoms with Gasteiger partial charge in [-0.3, -0.25) is 4.79 Å². The van der Waals surface area contributed by atoms with Gasteiger partial charge in [-0.2, -0.15) is 0 Å². The monoisotopic (exact) mass is 583 g/mol. The number of halogens is 3. The van der Waals surface area contributed by atoms with Gasteiger partial charge in [0.2, 0.25) is 5.91 Å². The van der Waals surface area contributed by atoms with Crippen molar-refractivity contribution in [2.24, 2.45) is 5.73 Å². The molecule has 0 aliphatic carbocycles. The second-order valence-electron chi connectivity index (χ2n) is 3.44. The van der Waals surface area contributed by atoms with Crippen LogP contribution in [0, 0.1) is 10.7 Å². The normalized spacial score (nSPS) is 11.4. The second-order valence-corrected chi connectivity index (χ2v) is 6.84. The van der Waals surface area contributed by atoms with E-state index < -0.39 is 11.9 Å². The number of nitrogens with two attached hydrogens (primary N) is 1. The van der Waals surface area contributed by atoms with E-state index >= 15 is 0 Å². The molecule has 0 unspecified atom stereocenters. The van der Waals surface area contributed by atoms with E-state index in [1.807, 2.05) is 45.2 Å². The van der Waals surface area contributed by atoms with E-state index in [4.69, 9.17) is 5.73 Å². The Labute approximate surface area is 145 Å². The van der Waals surface area contributed by atoms with Crippen molar-refractivity contribution in [3.8, 4) is 0 Å². The summed E-state index contributed by atoms with van der Waals surface area (Å²) in [6.07, 6.45) is 1.62. The van der Waals surface area contributed by atoms with Crippen LogP contribution in [-0.2, 0) is 4.79 Å². The third-order valence-corrected chi connectivity index (χ3v) is 5.03. The molecule has 0 fully saturated rings. The molecular formula is C11H8I3NO3. The molecule has 96 valence electrons. The van der Waals surface area contributed by atoms with Crippen molar-refractivity contribution in [3.05, 3.63) is 33.5 Å². The van der Waals surface area contributed by atoms with Crippen LogP contribution in [0.3, 0.4) is 0 Å². The molecule has 0 saturated heterocycles. The van der Waals surface area contributed by atoms with Crippen molar-refractivity contribution in [1.29, 1.82) is 0 Å². The first-order chi connectivity index (χ1) is 8.25. The topological polar surface area (TPSA) is 80.4 Å². The number of hydrogen-bond acceptors (Lipinski definition) is 2. The van der Waals surface area contributed by atoms with Crippen molar-refractivity contribution in [3.63, 3.8) is 0 Å². The highest BCUT2D eigenvalue weighted by Gasteiger charge is 2.18. The Morgan fingerprint density at radius 2 is 1.83 bits per heavy atom. The van der Waals surface area contributed by atoms with Crippen LogP contribution in [0.4, 0.5) is 0 Å². The molecule has 1 aromatic rings. The van der Waals surface area contributed by atoms with Crippen molar-refractivity contribution >= 4 is 85.7 Å². The lowest BCUT2D eigenvalue weighted by molar-refractivity contribution is -0.114. The Kier molecular flexibility index (Phi) is 5.83. The number of carboxylic acid groups (broad SMARTS) is 1. The third-order valence-electron chi connectivity index (χ3n) is 2.17. The summed E-state index contributed by atoms with van der Waals surface area (Å²) in [5, 5.41) is 9.18. The minimum Gasteiger partial charge on any atom is -0.478 e. The largest absolute Gasteiger partial charge is 0.478 e. The lowest BCUT2D eigenvalue weighted by Gasteiger charge is -2.09. The second kappa shape index (κ2) is 6.50. The van der Waals surface area contributed by atoms with Crippen LogP contribution in [0.15, 0.2) is 11.6 Å². The summed E-state index contributed by atoms with van der Waals surface area (Å²) >= 11 is 6.07. The molecule has 0 bridgehead atoms. The Morgan fingerprint density at radius 1 is 1.28 bits per heavy atom. The van der Waals surface area contributed by atoms with Gasteiger partial charge in [-0.15, -0.1) is 0 Å². The van der Waals surface area contributed by atoms with Gasteiger partial charge in [0.05, 0.1) is 5.56 Å². The number of rotatable bonds is 3. The highest BCUT2D eigenvalue weighted by atomic mass is 127. The van der Waals surface area contributed by atoms with E-state index in [1.54, 1.807) is 19.1 Å². The van der Waals surface area contributed by atoms with Crippen LogP contribution >= 0.6 is 67.8 Å². The van der Waals surface area contributed by atoms with Crippen LogP contribution in [0.5, 0.6) is 0 Å². The van der Waals surface area contributed by atoms with Crippen LogP contribution < -0.4 is 5.73 Å². The molecule has 4 nitrogen and oxygen atoms in total. The van der Waals surface area contributed by atoms with Crippen molar-refractivity contribution in [1.82, 2.24) is 0 Å². The van der Waals surface area contributed by atoms with Gasteiger partial charge in [-0.05, 0) is 86.8 Å². The maximum Gasteiger partial charge on any atom is 0.337 e. The zero-order valence-electron chi connectivity index (χ0n) is 9.13. The van der Waals surface area contributed by atoms with Crippen molar-refractivity contribution in [2.45, 2.75) is 6.92 Å². The Morgan fingerprint density at radius 3 is 2.28 bits per heavy atom. The lowest BCUT2D eigenvalue weighted by atomic mass is 10.1. The molecule has 0 aromatic heterocycles. The molecule has 1 amide bonds. The average Bonchev–Trinajstić information content (AvgIpc) is 2.22. The molecule has 0 heterocycles. The van der Waals surface area contributed by atoms with Crippen molar-refractivity contribution < 1.29 is 14.7 Å². The highest BCUT2D eigenvalue weighted by molar-refractivity contribution is 14.1. The molecule has 1 rings (SSSR count). The fourth-order valence-electron chi connectivity index (χ4n) is 1.22. The predicted molar refractivity (Wildman–Crippen MR) is 94.4 cm³/mol. The fraction of sp³-hybridized carbons (Fsp3) is 0.0909. The van der Waals surface area contributed by atoms with Gasteiger partial charge in [0, 0.05) is 21.8 Å². The van der Waals surface area contributed by atoms with E-state index in [9.17, 15) is 14.7 Å². The summed E-state index contributed by atoms with van der Waals surface area (Å²) in [7, 11) is 0. The predicted octanol–water partition coefficient (Wildman–Crippen LogP) is 3.09. The van der Waals surface area contributed by atoms with Gasteiger partial charge in [0.15, 0.2) is 0 Å². The van der Waals surface area contributed by atoms with Gasteiger partial charge in [0.1, 0.15) is 0 Å². The van der Waals surface area contributed by atoms with Crippen LogP contribution in [0.25, 0.3) is 6.08 Å². The molecule has 0 aliphatic heterocycles. The summed E-state index contributed by atoms with van der Waals surface area (Å²) in [4.78, 5) is 22.2. The molecule has 0 saturated carbocycles. The van der Waals surface area contributed by atoms with Gasteiger partial charge < -0.3 is 10.8 Å². The number of carbonyl (C=O) groups excluding carboxylic acids is 1. The molecule has 0 atom stereocenters. The summed E-state index contributed by atoms with van der Waals surface area (Å²) < 4.78 is 2.16. The van der Waals surface area contributed by atoms with E-state index in [2.05, 4.69) is 22.6 Å². The standard InChI is InChI=1S/C11H8I3NO3/c1-4(10(15)16)2-5-6(12)3-7(13)8(9(5)14)11(17)18/h2-3H,1H3,(H2,15,16)(H,17,18). The number of primary amides is 1. The first kappa shape index (κ1) is 16.1. The van der Waals surface area contributed by atoms with E-state index in [0.717, 1.165) is 3.57 Å². The molecule has 0 radical (unpaired) electrons. The maximum absolute atomic E-state index is 11.2. The van der Waals surface area contributed by atoms with Crippen LogP contribution in [-0.4, -0.2) is 17.0 Å². The number of benzene rings is 1. The minimum atomic E-state index is -0.980. The fourth-order valence-corrected chi connectivity index (χ4v) is 5.37. The Hall–Kier alpha value is 0.0900. The van der Waals surface area contributed by atoms with E-state index in [-0.39, 0.29) is 5.56 Å². The molecule has 7 heteroatoms. The Bertz CT molecular complexity index is 567. The van der Waals surface area contributed by atoms with Gasteiger partial charge >= 0.3 is 5.97 Å². The summed E-state index contributed by atoms with van der Waals surface area (Å²) in [6.45, 7) is 1.60. The quantitative estimate of drug-likeness (QED) is 0.425. The third kappa shape index (κ3) is 3.56. The Balaban J connectivity index is 3.56. The molecule has 1 aromatic carbocycles. The zero-order chi connectivity index (χ0) is 14.0. The van der Waals surface area contributed by atoms with Crippen molar-refractivity contribution in [2.75, 3.05) is 0 Å². The molecule has 0 aliphatic rings. The number of carbonyl (C=O) groups is 2. The average molecular weight is 583 g/mol. The van der Waals surface area contributed by atoms with Gasteiger partial charge in [-0.1, -0.05) is 0 Å². The van der Waals surface area contributed by atoms with Crippen LogP contribution in [0.1, 0.15) is 22.8 Å². The number of carboxylic acids is 1. The van der Waals surface area contributed by atoms with Gasteiger partial charge in [0.25, 0.3) is 0 Å². The van der Waals surface area contributed by atoms with Crippen LogP contribution in [0.2, 0.25) is 0 Å².